The van der Waals surface area contributed by atoms with E-state index in [-0.39, 0.29) is 11.8 Å². The van der Waals surface area contributed by atoms with Crippen molar-refractivity contribution in [3.05, 3.63) is 0 Å². The van der Waals surface area contributed by atoms with Crippen molar-refractivity contribution in [1.82, 2.24) is 0 Å². The first-order valence-corrected chi connectivity index (χ1v) is 7.45. The maximum absolute atomic E-state index is 12.0. The van der Waals surface area contributed by atoms with E-state index < -0.39 is 5.92 Å². The van der Waals surface area contributed by atoms with Gasteiger partial charge in [-0.05, 0) is 19.8 Å². The van der Waals surface area contributed by atoms with Crippen LogP contribution in [0.15, 0.2) is 0 Å². The molecule has 1 fully saturated rings. The Morgan fingerprint density at radius 3 is 2.22 bits per heavy atom. The summed E-state index contributed by atoms with van der Waals surface area (Å²) in [6.07, 6.45) is 10.4. The van der Waals surface area contributed by atoms with Crippen molar-refractivity contribution in [3.8, 4) is 0 Å². The zero-order chi connectivity index (χ0) is 13.2. The molecule has 0 aromatic heterocycles. The monoisotopic (exact) mass is 254 g/mol. The molecule has 3 heteroatoms. The lowest BCUT2D eigenvalue weighted by Crippen LogP contribution is -2.26. The Morgan fingerprint density at radius 1 is 1.06 bits per heavy atom. The topological polar surface area (TPSA) is 43.4 Å². The highest BCUT2D eigenvalue weighted by Crippen LogP contribution is 2.19. The van der Waals surface area contributed by atoms with Crippen molar-refractivity contribution in [2.45, 2.75) is 71.1 Å². The summed E-state index contributed by atoms with van der Waals surface area (Å²) in [6, 6.07) is 0. The third-order valence-electron chi connectivity index (χ3n) is 3.63. The molecule has 1 aliphatic carbocycles. The van der Waals surface area contributed by atoms with Gasteiger partial charge < -0.3 is 4.74 Å². The van der Waals surface area contributed by atoms with Crippen LogP contribution in [0.5, 0.6) is 0 Å². The van der Waals surface area contributed by atoms with E-state index in [0.717, 1.165) is 25.7 Å². The molecule has 0 heterocycles. The summed E-state index contributed by atoms with van der Waals surface area (Å²) in [5.41, 5.74) is 0. The third kappa shape index (κ3) is 5.65. The zero-order valence-electron chi connectivity index (χ0n) is 11.6. The first-order chi connectivity index (χ1) is 8.75. The fraction of sp³-hybridized carbons (Fsp3) is 0.867. The molecule has 0 bridgehead atoms. The van der Waals surface area contributed by atoms with E-state index in [1.54, 1.807) is 6.92 Å². The molecule has 0 aromatic rings. The van der Waals surface area contributed by atoms with Crippen molar-refractivity contribution in [2.75, 3.05) is 6.61 Å². The van der Waals surface area contributed by atoms with Crippen LogP contribution < -0.4 is 0 Å². The Labute approximate surface area is 110 Å². The van der Waals surface area contributed by atoms with E-state index in [2.05, 4.69) is 0 Å². The van der Waals surface area contributed by atoms with Gasteiger partial charge >= 0.3 is 5.97 Å². The Balaban J connectivity index is 2.52. The fourth-order valence-electron chi connectivity index (χ4n) is 2.54. The van der Waals surface area contributed by atoms with Gasteiger partial charge in [-0.15, -0.1) is 0 Å². The van der Waals surface area contributed by atoms with Crippen LogP contribution in [0.25, 0.3) is 0 Å². The number of hydrogen-bond acceptors (Lipinski definition) is 3. The molecular formula is C15H26O3. The van der Waals surface area contributed by atoms with Crippen LogP contribution in [-0.4, -0.2) is 18.4 Å². The molecule has 1 atom stereocenters. The number of ether oxygens (including phenoxy) is 1. The molecule has 0 unspecified atom stereocenters. The predicted molar refractivity (Wildman–Crippen MR) is 71.3 cm³/mol. The standard InChI is InChI=1S/C15H26O3/c1-2-18-15(17)13-11-9-7-5-3-4-6-8-10-12-14(13)16/h13H,2-12H2,1H3/t13-/m0/s1. The molecule has 1 rings (SSSR count). The average molecular weight is 254 g/mol. The van der Waals surface area contributed by atoms with Gasteiger partial charge in [0.2, 0.25) is 0 Å². The van der Waals surface area contributed by atoms with Gasteiger partial charge in [-0.3, -0.25) is 9.59 Å². The normalized spacial score (nSPS) is 23.8. The van der Waals surface area contributed by atoms with Gasteiger partial charge in [0.25, 0.3) is 0 Å². The van der Waals surface area contributed by atoms with Crippen molar-refractivity contribution in [2.24, 2.45) is 5.92 Å². The average Bonchev–Trinajstić information content (AvgIpc) is 2.34. The van der Waals surface area contributed by atoms with Gasteiger partial charge in [0.1, 0.15) is 11.7 Å². The lowest BCUT2D eigenvalue weighted by molar-refractivity contribution is -0.152. The summed E-state index contributed by atoms with van der Waals surface area (Å²) in [5, 5.41) is 0. The molecule has 0 saturated heterocycles. The third-order valence-corrected chi connectivity index (χ3v) is 3.63. The molecule has 18 heavy (non-hydrogen) atoms. The minimum absolute atomic E-state index is 0.0917. The number of hydrogen-bond donors (Lipinski definition) is 0. The van der Waals surface area contributed by atoms with Crippen molar-refractivity contribution in [3.63, 3.8) is 0 Å². The van der Waals surface area contributed by atoms with Gasteiger partial charge in [-0.2, -0.15) is 0 Å². The van der Waals surface area contributed by atoms with E-state index in [1.807, 2.05) is 0 Å². The Morgan fingerprint density at radius 2 is 1.61 bits per heavy atom. The molecule has 0 spiro atoms. The Bertz CT molecular complexity index is 260. The van der Waals surface area contributed by atoms with Crippen LogP contribution in [-0.2, 0) is 14.3 Å². The molecule has 1 aliphatic rings. The highest BCUT2D eigenvalue weighted by molar-refractivity contribution is 5.98. The second-order valence-electron chi connectivity index (χ2n) is 5.14. The van der Waals surface area contributed by atoms with Crippen LogP contribution >= 0.6 is 0 Å². The summed E-state index contributed by atoms with van der Waals surface area (Å²) in [7, 11) is 0. The molecule has 0 amide bonds. The van der Waals surface area contributed by atoms with E-state index in [1.165, 1.54) is 25.7 Å². The zero-order valence-corrected chi connectivity index (χ0v) is 11.6. The second kappa shape index (κ2) is 9.12. The maximum atomic E-state index is 12.0. The van der Waals surface area contributed by atoms with E-state index in [4.69, 9.17) is 4.74 Å². The second-order valence-corrected chi connectivity index (χ2v) is 5.14. The summed E-state index contributed by atoms with van der Waals surface area (Å²) in [6.45, 7) is 2.15. The SMILES string of the molecule is CCOC(=O)[C@H]1CCCCCCCCCCC1=O. The van der Waals surface area contributed by atoms with E-state index >= 15 is 0 Å². The van der Waals surface area contributed by atoms with Gasteiger partial charge in [-0.25, -0.2) is 0 Å². The maximum Gasteiger partial charge on any atom is 0.316 e. The minimum Gasteiger partial charge on any atom is -0.465 e. The van der Waals surface area contributed by atoms with Crippen molar-refractivity contribution in [1.29, 1.82) is 0 Å². The smallest absolute Gasteiger partial charge is 0.316 e. The highest BCUT2D eigenvalue weighted by atomic mass is 16.5. The lowest BCUT2D eigenvalue weighted by Gasteiger charge is -2.15. The molecule has 0 N–H and O–H groups in total. The summed E-state index contributed by atoms with van der Waals surface area (Å²) in [5.74, 6) is -0.710. The molecule has 1 saturated carbocycles. The summed E-state index contributed by atoms with van der Waals surface area (Å²) in [4.78, 5) is 23.8. The van der Waals surface area contributed by atoms with E-state index in [9.17, 15) is 9.59 Å². The lowest BCUT2D eigenvalue weighted by atomic mass is 9.92. The highest BCUT2D eigenvalue weighted by Gasteiger charge is 2.26. The van der Waals surface area contributed by atoms with Crippen molar-refractivity contribution < 1.29 is 14.3 Å². The first kappa shape index (κ1) is 15.2. The van der Waals surface area contributed by atoms with Crippen LogP contribution in [0, 0.1) is 5.92 Å². The largest absolute Gasteiger partial charge is 0.465 e. The van der Waals surface area contributed by atoms with Crippen molar-refractivity contribution >= 4 is 11.8 Å². The van der Waals surface area contributed by atoms with Crippen LogP contribution in [0.2, 0.25) is 0 Å². The Kier molecular flexibility index (Phi) is 7.70. The van der Waals surface area contributed by atoms with Crippen LogP contribution in [0.3, 0.4) is 0 Å². The summed E-state index contributed by atoms with van der Waals surface area (Å²) >= 11 is 0. The quantitative estimate of drug-likeness (QED) is 0.558. The number of carbonyl (C=O) groups excluding carboxylic acids is 2. The van der Waals surface area contributed by atoms with Crippen LogP contribution in [0.4, 0.5) is 0 Å². The van der Waals surface area contributed by atoms with E-state index in [0.29, 0.717) is 19.4 Å². The molecule has 0 aromatic carbocycles. The van der Waals surface area contributed by atoms with Gasteiger partial charge in [0.05, 0.1) is 6.61 Å². The number of ketones is 1. The molecule has 104 valence electrons. The molecule has 0 radical (unpaired) electrons. The predicted octanol–water partition coefficient (Wildman–Crippen LogP) is 3.65. The molecular weight excluding hydrogens is 228 g/mol. The number of rotatable bonds is 2. The molecule has 3 nitrogen and oxygen atoms in total. The van der Waals surface area contributed by atoms with Gasteiger partial charge in [0.15, 0.2) is 0 Å². The van der Waals surface area contributed by atoms with Gasteiger partial charge in [-0.1, -0.05) is 44.9 Å². The minimum atomic E-state index is -0.496. The number of esters is 1. The van der Waals surface area contributed by atoms with Gasteiger partial charge in [0, 0.05) is 6.42 Å². The number of carbonyl (C=O) groups is 2. The Hall–Kier alpha value is -0.860. The fourth-order valence-corrected chi connectivity index (χ4v) is 2.54. The first-order valence-electron chi connectivity index (χ1n) is 7.45. The molecule has 0 aliphatic heterocycles. The summed E-state index contributed by atoms with van der Waals surface area (Å²) < 4.78 is 5.02. The van der Waals surface area contributed by atoms with Crippen LogP contribution in [0.1, 0.15) is 71.1 Å². The number of Topliss-reactive ketones (excluding diaryl/α,β-unsaturated/α-hetero) is 1.